The minimum Gasteiger partial charge on any atom is -0.129 e. The third kappa shape index (κ3) is 4.45. The number of hydrogen-bond acceptors (Lipinski definition) is 1. The zero-order valence-corrected chi connectivity index (χ0v) is 12.8. The number of rotatable bonds is 4. The van der Waals surface area contributed by atoms with E-state index in [0.717, 1.165) is 10.8 Å². The van der Waals surface area contributed by atoms with Crippen LogP contribution in [0.2, 0.25) is 5.02 Å². The van der Waals surface area contributed by atoms with Crippen LogP contribution in [-0.4, -0.2) is 0 Å². The van der Waals surface area contributed by atoms with Gasteiger partial charge in [-0.2, -0.15) is 0 Å². The molecule has 2 aromatic carbocycles. The molecule has 0 bridgehead atoms. The van der Waals surface area contributed by atoms with Crippen LogP contribution >= 0.6 is 23.4 Å². The summed E-state index contributed by atoms with van der Waals surface area (Å²) in [6.07, 6.45) is 2.18. The monoisotopic (exact) mass is 288 g/mol. The second-order valence-electron chi connectivity index (χ2n) is 4.60. The Morgan fingerprint density at radius 2 is 1.79 bits per heavy atom. The van der Waals surface area contributed by atoms with Crippen molar-refractivity contribution in [1.82, 2.24) is 0 Å². The van der Waals surface area contributed by atoms with E-state index in [2.05, 4.69) is 55.7 Å². The highest BCUT2D eigenvalue weighted by Crippen LogP contribution is 2.19. The summed E-state index contributed by atoms with van der Waals surface area (Å²) in [6, 6.07) is 14.5. The number of benzene rings is 2. The fourth-order valence-corrected chi connectivity index (χ4v) is 2.71. The molecule has 2 heteroatoms. The first-order chi connectivity index (χ1) is 9.15. The van der Waals surface area contributed by atoms with Crippen LogP contribution in [-0.2, 0) is 5.75 Å². The molecule has 2 rings (SSSR count). The summed E-state index contributed by atoms with van der Waals surface area (Å²) in [7, 11) is 0. The summed E-state index contributed by atoms with van der Waals surface area (Å²) >= 11 is 7.66. The lowest BCUT2D eigenvalue weighted by Crippen LogP contribution is -1.81. The molecular weight excluding hydrogens is 272 g/mol. The van der Waals surface area contributed by atoms with Gasteiger partial charge in [0.1, 0.15) is 0 Å². The lowest BCUT2D eigenvalue weighted by molar-refractivity contribution is 1.37. The van der Waals surface area contributed by atoms with Gasteiger partial charge in [0.05, 0.1) is 0 Å². The van der Waals surface area contributed by atoms with Crippen LogP contribution in [0, 0.1) is 13.8 Å². The zero-order valence-electron chi connectivity index (χ0n) is 11.2. The predicted octanol–water partition coefficient (Wildman–Crippen LogP) is 5.86. The SMILES string of the molecule is Cc1ccc(C=CSCc2ccc(Cl)cc2)c(C)c1. The van der Waals surface area contributed by atoms with E-state index in [-0.39, 0.29) is 0 Å². The molecule has 0 spiro atoms. The quantitative estimate of drug-likeness (QED) is 0.679. The van der Waals surface area contributed by atoms with Crippen LogP contribution < -0.4 is 0 Å². The number of hydrogen-bond donors (Lipinski definition) is 0. The smallest absolute Gasteiger partial charge is 0.0406 e. The van der Waals surface area contributed by atoms with Crippen molar-refractivity contribution in [3.8, 4) is 0 Å². The molecule has 0 nitrogen and oxygen atoms in total. The van der Waals surface area contributed by atoms with Gasteiger partial charge in [-0.3, -0.25) is 0 Å². The summed E-state index contributed by atoms with van der Waals surface area (Å²) in [5.41, 5.74) is 5.21. The molecule has 0 radical (unpaired) electrons. The highest BCUT2D eigenvalue weighted by atomic mass is 35.5. The topological polar surface area (TPSA) is 0 Å². The summed E-state index contributed by atoms with van der Waals surface area (Å²) in [5.74, 6) is 0.971. The van der Waals surface area contributed by atoms with E-state index in [1.807, 2.05) is 12.1 Å². The highest BCUT2D eigenvalue weighted by molar-refractivity contribution is 8.01. The van der Waals surface area contributed by atoms with Crippen LogP contribution in [0.4, 0.5) is 0 Å². The molecule has 0 heterocycles. The second kappa shape index (κ2) is 6.83. The van der Waals surface area contributed by atoms with Gasteiger partial charge >= 0.3 is 0 Å². The maximum absolute atomic E-state index is 5.86. The molecule has 0 atom stereocenters. The van der Waals surface area contributed by atoms with Crippen molar-refractivity contribution in [3.05, 3.63) is 75.1 Å². The van der Waals surface area contributed by atoms with E-state index >= 15 is 0 Å². The Labute approximate surface area is 124 Å². The summed E-state index contributed by atoms with van der Waals surface area (Å²) in [4.78, 5) is 0. The van der Waals surface area contributed by atoms with E-state index in [0.29, 0.717) is 0 Å². The van der Waals surface area contributed by atoms with E-state index in [1.54, 1.807) is 11.8 Å². The molecule has 0 saturated heterocycles. The van der Waals surface area contributed by atoms with Crippen molar-refractivity contribution >= 4 is 29.4 Å². The van der Waals surface area contributed by atoms with Crippen LogP contribution in [0.5, 0.6) is 0 Å². The predicted molar refractivity (Wildman–Crippen MR) is 87.7 cm³/mol. The van der Waals surface area contributed by atoms with Gasteiger partial charge in [-0.1, -0.05) is 47.5 Å². The minimum atomic E-state index is 0.791. The average Bonchev–Trinajstić information content (AvgIpc) is 2.39. The van der Waals surface area contributed by atoms with Crippen molar-refractivity contribution < 1.29 is 0 Å². The minimum absolute atomic E-state index is 0.791. The summed E-state index contributed by atoms with van der Waals surface area (Å²) in [6.45, 7) is 4.27. The molecule has 0 saturated carbocycles. The Balaban J connectivity index is 1.91. The normalized spacial score (nSPS) is 11.1. The van der Waals surface area contributed by atoms with Gasteiger partial charge in [0.2, 0.25) is 0 Å². The maximum Gasteiger partial charge on any atom is 0.0406 e. The molecule has 0 aliphatic heterocycles. The lowest BCUT2D eigenvalue weighted by Gasteiger charge is -2.02. The fourth-order valence-electron chi connectivity index (χ4n) is 1.86. The molecule has 98 valence electrons. The first-order valence-corrected chi connectivity index (χ1v) is 7.68. The van der Waals surface area contributed by atoms with Gasteiger partial charge in [0.15, 0.2) is 0 Å². The Bertz CT molecular complexity index is 570. The Morgan fingerprint density at radius 3 is 2.47 bits per heavy atom. The molecule has 0 aliphatic rings. The van der Waals surface area contributed by atoms with E-state index < -0.39 is 0 Å². The van der Waals surface area contributed by atoms with Gasteiger partial charge in [-0.25, -0.2) is 0 Å². The number of aryl methyl sites for hydroxylation is 2. The largest absolute Gasteiger partial charge is 0.129 e. The zero-order chi connectivity index (χ0) is 13.7. The van der Waals surface area contributed by atoms with Gasteiger partial charge in [-0.05, 0) is 54.2 Å². The van der Waals surface area contributed by atoms with Crippen molar-refractivity contribution in [3.63, 3.8) is 0 Å². The van der Waals surface area contributed by atoms with Crippen molar-refractivity contribution in [2.75, 3.05) is 0 Å². The first-order valence-electron chi connectivity index (χ1n) is 6.25. The van der Waals surface area contributed by atoms with E-state index in [1.165, 1.54) is 22.3 Å². The molecule has 0 aromatic heterocycles. The van der Waals surface area contributed by atoms with Crippen molar-refractivity contribution in [1.29, 1.82) is 0 Å². The third-order valence-electron chi connectivity index (χ3n) is 2.93. The molecular formula is C17H17ClS. The van der Waals surface area contributed by atoms with E-state index in [9.17, 15) is 0 Å². The van der Waals surface area contributed by atoms with Crippen LogP contribution in [0.1, 0.15) is 22.3 Å². The van der Waals surface area contributed by atoms with Gasteiger partial charge in [-0.15, -0.1) is 11.8 Å². The fraction of sp³-hybridized carbons (Fsp3) is 0.176. The molecule has 2 aromatic rings. The Kier molecular flexibility index (Phi) is 5.12. The lowest BCUT2D eigenvalue weighted by atomic mass is 10.1. The molecule has 0 unspecified atom stereocenters. The summed E-state index contributed by atoms with van der Waals surface area (Å²) in [5, 5.41) is 2.95. The van der Waals surface area contributed by atoms with Crippen LogP contribution in [0.3, 0.4) is 0 Å². The number of thioether (sulfide) groups is 1. The molecule has 19 heavy (non-hydrogen) atoms. The summed E-state index contributed by atoms with van der Waals surface area (Å²) < 4.78 is 0. The molecule has 0 aliphatic carbocycles. The Morgan fingerprint density at radius 1 is 1.05 bits per heavy atom. The van der Waals surface area contributed by atoms with Crippen LogP contribution in [0.25, 0.3) is 6.08 Å². The molecule has 0 amide bonds. The standard InChI is InChI=1S/C17H17ClS/c1-13-3-6-16(14(2)11-13)9-10-19-12-15-4-7-17(18)8-5-15/h3-11H,12H2,1-2H3. The average molecular weight is 289 g/mol. The van der Waals surface area contributed by atoms with Gasteiger partial charge < -0.3 is 0 Å². The first kappa shape index (κ1) is 14.2. The maximum atomic E-state index is 5.86. The van der Waals surface area contributed by atoms with Crippen LogP contribution in [0.15, 0.2) is 47.9 Å². The highest BCUT2D eigenvalue weighted by Gasteiger charge is 1.95. The number of halogens is 1. The molecule has 0 N–H and O–H groups in total. The molecule has 0 fully saturated rings. The second-order valence-corrected chi connectivity index (χ2v) is 5.93. The Hall–Kier alpha value is -1.18. The van der Waals surface area contributed by atoms with Gasteiger partial charge in [0, 0.05) is 10.8 Å². The van der Waals surface area contributed by atoms with Crippen molar-refractivity contribution in [2.45, 2.75) is 19.6 Å². The van der Waals surface area contributed by atoms with Gasteiger partial charge in [0.25, 0.3) is 0 Å². The third-order valence-corrected chi connectivity index (χ3v) is 4.01. The van der Waals surface area contributed by atoms with E-state index in [4.69, 9.17) is 11.6 Å². The van der Waals surface area contributed by atoms with Crippen molar-refractivity contribution in [2.24, 2.45) is 0 Å².